The van der Waals surface area contributed by atoms with Crippen molar-refractivity contribution < 1.29 is 17.9 Å². The molecule has 0 saturated heterocycles. The van der Waals surface area contributed by atoms with Gasteiger partial charge in [0, 0.05) is 4.47 Å². The first-order valence-corrected chi connectivity index (χ1v) is 4.81. The van der Waals surface area contributed by atoms with Crippen LogP contribution in [0.4, 0.5) is 13.2 Å². The van der Waals surface area contributed by atoms with E-state index in [-0.39, 0.29) is 18.0 Å². The molecule has 16 heavy (non-hydrogen) atoms. The van der Waals surface area contributed by atoms with Crippen LogP contribution < -0.4 is 10.5 Å². The van der Waals surface area contributed by atoms with E-state index < -0.39 is 12.2 Å². The molecule has 0 unspecified atom stereocenters. The van der Waals surface area contributed by atoms with Crippen molar-refractivity contribution >= 4 is 28.3 Å². The Kier molecular flexibility index (Phi) is 5.58. The van der Waals surface area contributed by atoms with Crippen LogP contribution in [0.3, 0.4) is 0 Å². The summed E-state index contributed by atoms with van der Waals surface area (Å²) in [5, 5.41) is 0. The molecule has 0 saturated carbocycles. The van der Waals surface area contributed by atoms with Crippen molar-refractivity contribution in [2.24, 2.45) is 5.73 Å². The van der Waals surface area contributed by atoms with Crippen LogP contribution in [0.15, 0.2) is 22.7 Å². The van der Waals surface area contributed by atoms with Crippen molar-refractivity contribution in [3.63, 3.8) is 0 Å². The van der Waals surface area contributed by atoms with Crippen molar-refractivity contribution in [3.8, 4) is 5.75 Å². The Bertz CT molecular complexity index is 359. The molecule has 1 rings (SSSR count). The Morgan fingerprint density at radius 2 is 1.94 bits per heavy atom. The zero-order chi connectivity index (χ0) is 11.6. The van der Waals surface area contributed by atoms with Crippen LogP contribution in [0.1, 0.15) is 11.6 Å². The molecule has 0 heterocycles. The molecule has 2 nitrogen and oxygen atoms in total. The fourth-order valence-electron chi connectivity index (χ4n) is 1.06. The van der Waals surface area contributed by atoms with Crippen LogP contribution in [-0.4, -0.2) is 13.3 Å². The molecule has 1 aromatic carbocycles. The van der Waals surface area contributed by atoms with Crippen LogP contribution in [0.2, 0.25) is 0 Å². The third-order valence-electron chi connectivity index (χ3n) is 1.89. The van der Waals surface area contributed by atoms with Crippen molar-refractivity contribution in [2.75, 3.05) is 7.11 Å². The first kappa shape index (κ1) is 15.5. The maximum atomic E-state index is 12.4. The molecule has 92 valence electrons. The summed E-state index contributed by atoms with van der Waals surface area (Å²) < 4.78 is 42.2. The predicted molar refractivity (Wildman–Crippen MR) is 60.9 cm³/mol. The van der Waals surface area contributed by atoms with Crippen molar-refractivity contribution in [1.29, 1.82) is 0 Å². The first-order chi connectivity index (χ1) is 6.86. The number of halogens is 5. The Hall–Kier alpha value is -0.460. The second kappa shape index (κ2) is 5.75. The second-order valence-corrected chi connectivity index (χ2v) is 3.76. The van der Waals surface area contributed by atoms with E-state index in [4.69, 9.17) is 10.5 Å². The van der Waals surface area contributed by atoms with E-state index in [1.54, 1.807) is 6.07 Å². The summed E-state index contributed by atoms with van der Waals surface area (Å²) in [6, 6.07) is 2.28. The number of hydrogen-bond acceptors (Lipinski definition) is 2. The van der Waals surface area contributed by atoms with Crippen molar-refractivity contribution in [3.05, 3.63) is 28.2 Å². The summed E-state index contributed by atoms with van der Waals surface area (Å²) in [5.74, 6) is 0.341. The molecule has 0 fully saturated rings. The van der Waals surface area contributed by atoms with E-state index in [0.29, 0.717) is 10.2 Å². The quantitative estimate of drug-likeness (QED) is 0.906. The number of hydrogen-bond donors (Lipinski definition) is 1. The molecule has 0 aliphatic carbocycles. The minimum atomic E-state index is -4.46. The Labute approximate surface area is 105 Å². The van der Waals surface area contributed by atoms with Gasteiger partial charge in [0.05, 0.1) is 7.11 Å². The summed E-state index contributed by atoms with van der Waals surface area (Å²) in [4.78, 5) is 0. The molecule has 0 spiro atoms. The minimum Gasteiger partial charge on any atom is -0.497 e. The average molecular weight is 321 g/mol. The Morgan fingerprint density at radius 3 is 2.38 bits per heavy atom. The molecule has 7 heteroatoms. The lowest BCUT2D eigenvalue weighted by Crippen LogP contribution is -2.28. The Balaban J connectivity index is 0.00000225. The van der Waals surface area contributed by atoms with Gasteiger partial charge in [-0.25, -0.2) is 0 Å². The largest absolute Gasteiger partial charge is 0.497 e. The maximum Gasteiger partial charge on any atom is 0.407 e. The highest BCUT2D eigenvalue weighted by Gasteiger charge is 2.38. The summed E-state index contributed by atoms with van der Waals surface area (Å²) in [7, 11) is 1.38. The number of ether oxygens (including phenoxy) is 1. The first-order valence-electron chi connectivity index (χ1n) is 4.02. The van der Waals surface area contributed by atoms with Crippen molar-refractivity contribution in [2.45, 2.75) is 12.2 Å². The van der Waals surface area contributed by atoms with Gasteiger partial charge in [-0.15, -0.1) is 12.4 Å². The highest BCUT2D eigenvalue weighted by Crippen LogP contribution is 2.35. The van der Waals surface area contributed by atoms with Gasteiger partial charge in [0.2, 0.25) is 0 Å². The number of benzene rings is 1. The van der Waals surface area contributed by atoms with Gasteiger partial charge in [-0.3, -0.25) is 0 Å². The van der Waals surface area contributed by atoms with E-state index in [2.05, 4.69) is 15.9 Å². The normalized spacial score (nSPS) is 12.9. The molecular formula is C9H10BrClF3NO. The number of methoxy groups -OCH3 is 1. The molecule has 1 atom stereocenters. The smallest absolute Gasteiger partial charge is 0.407 e. The van der Waals surface area contributed by atoms with Gasteiger partial charge in [0.1, 0.15) is 11.8 Å². The number of rotatable bonds is 2. The second-order valence-electron chi connectivity index (χ2n) is 2.91. The molecule has 2 N–H and O–H groups in total. The predicted octanol–water partition coefficient (Wildman–Crippen LogP) is 3.44. The highest BCUT2D eigenvalue weighted by atomic mass is 79.9. The van der Waals surface area contributed by atoms with E-state index in [1.807, 2.05) is 0 Å². The van der Waals surface area contributed by atoms with E-state index >= 15 is 0 Å². The van der Waals surface area contributed by atoms with Crippen LogP contribution >= 0.6 is 28.3 Å². The zero-order valence-corrected chi connectivity index (χ0v) is 10.6. The third kappa shape index (κ3) is 3.54. The van der Waals surface area contributed by atoms with Gasteiger partial charge in [0.25, 0.3) is 0 Å². The molecule has 0 bridgehead atoms. The van der Waals surface area contributed by atoms with Gasteiger partial charge >= 0.3 is 6.18 Å². The average Bonchev–Trinajstić information content (AvgIpc) is 2.16. The lowest BCUT2D eigenvalue weighted by atomic mass is 10.1. The lowest BCUT2D eigenvalue weighted by Gasteiger charge is -2.17. The molecule has 0 aromatic heterocycles. The molecule has 0 aliphatic rings. The maximum absolute atomic E-state index is 12.4. The van der Waals surface area contributed by atoms with Crippen LogP contribution in [0, 0.1) is 0 Å². The van der Waals surface area contributed by atoms with E-state index in [0.717, 1.165) is 0 Å². The van der Waals surface area contributed by atoms with Gasteiger partial charge in [-0.1, -0.05) is 15.9 Å². The molecule has 0 amide bonds. The summed E-state index contributed by atoms with van der Waals surface area (Å²) in [5.41, 5.74) is 5.05. The molecule has 0 radical (unpaired) electrons. The van der Waals surface area contributed by atoms with Crippen molar-refractivity contribution in [1.82, 2.24) is 0 Å². The molecule has 1 aromatic rings. The molecular weight excluding hydrogens is 310 g/mol. The summed E-state index contributed by atoms with van der Waals surface area (Å²) in [6.45, 7) is 0. The zero-order valence-electron chi connectivity index (χ0n) is 8.22. The fourth-order valence-corrected chi connectivity index (χ4v) is 1.56. The third-order valence-corrected chi connectivity index (χ3v) is 2.61. The van der Waals surface area contributed by atoms with Gasteiger partial charge in [0.15, 0.2) is 0 Å². The number of alkyl halides is 3. The standard InChI is InChI=1S/C9H9BrF3NO.ClH/c1-15-5-2-3-7(10)6(4-5)8(14)9(11,12)13;/h2-4,8H,14H2,1H3;1H/t8-;/m0./s1. The summed E-state index contributed by atoms with van der Waals surface area (Å²) in [6.07, 6.45) is -4.46. The number of nitrogens with two attached hydrogens (primary N) is 1. The minimum absolute atomic E-state index is 0. The SMILES string of the molecule is COc1ccc(Br)c([C@H](N)C(F)(F)F)c1.Cl. The monoisotopic (exact) mass is 319 g/mol. The van der Waals surface area contributed by atoms with Gasteiger partial charge in [-0.2, -0.15) is 13.2 Å². The van der Waals surface area contributed by atoms with Crippen LogP contribution in [0.25, 0.3) is 0 Å². The van der Waals surface area contributed by atoms with E-state index in [9.17, 15) is 13.2 Å². The van der Waals surface area contributed by atoms with Gasteiger partial charge < -0.3 is 10.5 Å². The lowest BCUT2D eigenvalue weighted by molar-refractivity contribution is -0.149. The fraction of sp³-hybridized carbons (Fsp3) is 0.333. The van der Waals surface area contributed by atoms with Gasteiger partial charge in [-0.05, 0) is 23.8 Å². The summed E-state index contributed by atoms with van der Waals surface area (Å²) >= 11 is 3.02. The van der Waals surface area contributed by atoms with E-state index in [1.165, 1.54) is 19.2 Å². The topological polar surface area (TPSA) is 35.2 Å². The highest BCUT2D eigenvalue weighted by molar-refractivity contribution is 9.10. The Morgan fingerprint density at radius 1 is 1.38 bits per heavy atom. The van der Waals surface area contributed by atoms with Crippen LogP contribution in [-0.2, 0) is 0 Å². The molecule has 0 aliphatic heterocycles. The van der Waals surface area contributed by atoms with Crippen LogP contribution in [0.5, 0.6) is 5.75 Å².